The first-order valence-corrected chi connectivity index (χ1v) is 8.84. The third-order valence-electron chi connectivity index (χ3n) is 5.04. The van der Waals surface area contributed by atoms with Gasteiger partial charge in [-0.15, -0.1) is 0 Å². The van der Waals surface area contributed by atoms with Gasteiger partial charge in [-0.1, -0.05) is 30.3 Å². The molecule has 5 nitrogen and oxygen atoms in total. The normalized spacial score (nSPS) is 19.7. The highest BCUT2D eigenvalue weighted by Crippen LogP contribution is 2.24. The van der Waals surface area contributed by atoms with E-state index in [-0.39, 0.29) is 0 Å². The molecule has 1 saturated heterocycles. The van der Waals surface area contributed by atoms with Crippen LogP contribution < -0.4 is 5.32 Å². The Labute approximate surface area is 145 Å². The van der Waals surface area contributed by atoms with E-state index in [0.717, 1.165) is 45.0 Å². The molecule has 0 radical (unpaired) electrons. The Morgan fingerprint density at radius 1 is 1.21 bits per heavy atom. The number of aryl methyl sites for hydroxylation is 2. The van der Waals surface area contributed by atoms with Gasteiger partial charge in [0.25, 0.3) is 0 Å². The van der Waals surface area contributed by atoms with Crippen LogP contribution in [-0.2, 0) is 6.54 Å². The summed E-state index contributed by atoms with van der Waals surface area (Å²) in [7, 11) is 2.22. The lowest BCUT2D eigenvalue weighted by atomic mass is 10.0. The van der Waals surface area contributed by atoms with Crippen LogP contribution in [0.5, 0.6) is 0 Å². The number of aromatic amines is 1. The van der Waals surface area contributed by atoms with Gasteiger partial charge in [-0.25, -0.2) is 0 Å². The second-order valence-electron chi connectivity index (χ2n) is 6.81. The summed E-state index contributed by atoms with van der Waals surface area (Å²) in [5.74, 6) is 0. The van der Waals surface area contributed by atoms with Crippen LogP contribution in [0.25, 0.3) is 0 Å². The van der Waals surface area contributed by atoms with E-state index in [1.54, 1.807) is 0 Å². The van der Waals surface area contributed by atoms with Crippen LogP contribution in [0.15, 0.2) is 30.3 Å². The highest BCUT2D eigenvalue weighted by atomic mass is 15.3. The molecule has 0 spiro atoms. The Hall–Kier alpha value is -1.69. The van der Waals surface area contributed by atoms with Crippen molar-refractivity contribution in [1.82, 2.24) is 25.3 Å². The lowest BCUT2D eigenvalue weighted by Crippen LogP contribution is -2.48. The molecule has 2 aromatic rings. The minimum Gasteiger partial charge on any atom is -0.311 e. The van der Waals surface area contributed by atoms with Gasteiger partial charge in [0.15, 0.2) is 0 Å². The maximum absolute atomic E-state index is 4.26. The first kappa shape index (κ1) is 17.1. The van der Waals surface area contributed by atoms with E-state index in [0.29, 0.717) is 6.04 Å². The summed E-state index contributed by atoms with van der Waals surface area (Å²) in [5, 5.41) is 10.9. The number of hydrogen-bond donors (Lipinski definition) is 2. The predicted molar refractivity (Wildman–Crippen MR) is 98.0 cm³/mol. The number of hydrogen-bond acceptors (Lipinski definition) is 4. The fourth-order valence-corrected chi connectivity index (χ4v) is 3.49. The fourth-order valence-electron chi connectivity index (χ4n) is 3.49. The zero-order valence-electron chi connectivity index (χ0n) is 15.0. The van der Waals surface area contributed by atoms with Crippen LogP contribution in [0, 0.1) is 13.8 Å². The zero-order valence-corrected chi connectivity index (χ0v) is 15.0. The van der Waals surface area contributed by atoms with Crippen molar-refractivity contribution in [3.63, 3.8) is 0 Å². The number of likely N-dealkylation sites (N-methyl/N-ethyl adjacent to an activating group) is 1. The molecule has 130 valence electrons. The van der Waals surface area contributed by atoms with Crippen molar-refractivity contribution in [1.29, 1.82) is 0 Å². The molecule has 1 aromatic carbocycles. The SMILES string of the molecule is Cc1n[nH]c(C)c1CNCCN1CCN(C)C[C@@H]1c1ccccc1. The number of piperazine rings is 1. The maximum atomic E-state index is 4.26. The van der Waals surface area contributed by atoms with E-state index in [9.17, 15) is 0 Å². The zero-order chi connectivity index (χ0) is 16.9. The molecule has 3 rings (SSSR count). The Balaban J connectivity index is 1.55. The predicted octanol–water partition coefficient (Wildman–Crippen LogP) is 2.10. The topological polar surface area (TPSA) is 47.2 Å². The van der Waals surface area contributed by atoms with Gasteiger partial charge in [0, 0.05) is 56.6 Å². The lowest BCUT2D eigenvalue weighted by molar-refractivity contribution is 0.0906. The van der Waals surface area contributed by atoms with Crippen LogP contribution in [0.1, 0.15) is 28.6 Å². The lowest BCUT2D eigenvalue weighted by Gasteiger charge is -2.40. The third kappa shape index (κ3) is 4.04. The van der Waals surface area contributed by atoms with E-state index >= 15 is 0 Å². The molecular weight excluding hydrogens is 298 g/mol. The van der Waals surface area contributed by atoms with Crippen LogP contribution in [0.4, 0.5) is 0 Å². The minimum atomic E-state index is 0.490. The van der Waals surface area contributed by atoms with Crippen LogP contribution in [0.2, 0.25) is 0 Å². The second kappa shape index (κ2) is 7.92. The van der Waals surface area contributed by atoms with E-state index in [1.165, 1.54) is 16.8 Å². The van der Waals surface area contributed by atoms with Gasteiger partial charge in [0.1, 0.15) is 0 Å². The van der Waals surface area contributed by atoms with E-state index < -0.39 is 0 Å². The van der Waals surface area contributed by atoms with Gasteiger partial charge < -0.3 is 10.2 Å². The maximum Gasteiger partial charge on any atom is 0.0638 e. The van der Waals surface area contributed by atoms with E-state index in [4.69, 9.17) is 0 Å². The molecule has 0 amide bonds. The molecule has 2 N–H and O–H groups in total. The largest absolute Gasteiger partial charge is 0.311 e. The van der Waals surface area contributed by atoms with Crippen molar-refractivity contribution < 1.29 is 0 Å². The van der Waals surface area contributed by atoms with Crippen molar-refractivity contribution in [3.8, 4) is 0 Å². The average Bonchev–Trinajstić information content (AvgIpc) is 2.92. The minimum absolute atomic E-state index is 0.490. The summed E-state index contributed by atoms with van der Waals surface area (Å²) < 4.78 is 0. The third-order valence-corrected chi connectivity index (χ3v) is 5.04. The Morgan fingerprint density at radius 2 is 2.00 bits per heavy atom. The Bertz CT molecular complexity index is 617. The van der Waals surface area contributed by atoms with Gasteiger partial charge in [0.2, 0.25) is 0 Å². The Morgan fingerprint density at radius 3 is 2.71 bits per heavy atom. The fraction of sp³-hybridized carbons (Fsp3) is 0.526. The van der Waals surface area contributed by atoms with Crippen molar-refractivity contribution in [2.24, 2.45) is 0 Å². The van der Waals surface area contributed by atoms with Crippen LogP contribution in [-0.4, -0.2) is 59.8 Å². The van der Waals surface area contributed by atoms with Crippen LogP contribution >= 0.6 is 0 Å². The summed E-state index contributed by atoms with van der Waals surface area (Å²) in [4.78, 5) is 5.04. The second-order valence-corrected chi connectivity index (χ2v) is 6.81. The van der Waals surface area contributed by atoms with Gasteiger partial charge >= 0.3 is 0 Å². The van der Waals surface area contributed by atoms with E-state index in [1.807, 2.05) is 0 Å². The quantitative estimate of drug-likeness (QED) is 0.798. The summed E-state index contributed by atoms with van der Waals surface area (Å²) in [5.41, 5.74) is 4.99. The number of nitrogens with one attached hydrogen (secondary N) is 2. The van der Waals surface area contributed by atoms with Gasteiger partial charge in [-0.05, 0) is 26.5 Å². The van der Waals surface area contributed by atoms with Crippen molar-refractivity contribution in [2.75, 3.05) is 39.8 Å². The molecule has 24 heavy (non-hydrogen) atoms. The van der Waals surface area contributed by atoms with Crippen molar-refractivity contribution in [2.45, 2.75) is 26.4 Å². The average molecular weight is 327 g/mol. The number of benzene rings is 1. The smallest absolute Gasteiger partial charge is 0.0638 e. The molecule has 5 heteroatoms. The van der Waals surface area contributed by atoms with Crippen molar-refractivity contribution >= 4 is 0 Å². The highest BCUT2D eigenvalue weighted by Gasteiger charge is 2.25. The number of aromatic nitrogens is 2. The van der Waals surface area contributed by atoms with Gasteiger partial charge in [-0.2, -0.15) is 5.10 Å². The standard InChI is InChI=1S/C19H29N5/c1-15-18(16(2)22-21-15)13-20-9-10-24-12-11-23(3)14-19(24)17-7-5-4-6-8-17/h4-8,19-20H,9-14H2,1-3H3,(H,21,22)/t19-/m1/s1. The number of rotatable bonds is 6. The first-order valence-electron chi connectivity index (χ1n) is 8.84. The summed E-state index contributed by atoms with van der Waals surface area (Å²) >= 11 is 0. The molecule has 0 bridgehead atoms. The van der Waals surface area contributed by atoms with Gasteiger partial charge in [-0.3, -0.25) is 10.00 Å². The summed E-state index contributed by atoms with van der Waals surface area (Å²) in [6, 6.07) is 11.4. The van der Waals surface area contributed by atoms with Crippen LogP contribution in [0.3, 0.4) is 0 Å². The van der Waals surface area contributed by atoms with Crippen molar-refractivity contribution in [3.05, 3.63) is 52.8 Å². The molecule has 1 fully saturated rings. The molecule has 1 aliphatic heterocycles. The molecule has 1 atom stereocenters. The highest BCUT2D eigenvalue weighted by molar-refractivity contribution is 5.23. The molecule has 0 aliphatic carbocycles. The molecule has 0 unspecified atom stereocenters. The number of nitrogens with zero attached hydrogens (tertiary/aromatic N) is 3. The summed E-state index contributed by atoms with van der Waals surface area (Å²) in [6.45, 7) is 10.5. The monoisotopic (exact) mass is 327 g/mol. The first-order chi connectivity index (χ1) is 11.6. The number of H-pyrrole nitrogens is 1. The summed E-state index contributed by atoms with van der Waals surface area (Å²) in [6.07, 6.45) is 0. The molecular formula is C19H29N5. The molecule has 0 saturated carbocycles. The molecule has 1 aromatic heterocycles. The Kier molecular flexibility index (Phi) is 5.66. The van der Waals surface area contributed by atoms with E-state index in [2.05, 4.69) is 76.5 Å². The van der Waals surface area contributed by atoms with Gasteiger partial charge in [0.05, 0.1) is 5.69 Å². The molecule has 2 heterocycles. The molecule has 1 aliphatic rings.